The maximum absolute atomic E-state index is 13.3. The fourth-order valence-electron chi connectivity index (χ4n) is 10.1. The van der Waals surface area contributed by atoms with E-state index in [1.807, 2.05) is 6.92 Å². The van der Waals surface area contributed by atoms with Crippen molar-refractivity contribution in [1.29, 1.82) is 0 Å². The summed E-state index contributed by atoms with van der Waals surface area (Å²) in [5.74, 6) is -19.7. The third kappa shape index (κ3) is 79.1. The summed E-state index contributed by atoms with van der Waals surface area (Å²) in [6.45, 7) is 5.36. The van der Waals surface area contributed by atoms with Gasteiger partial charge in [-0.2, -0.15) is 123 Å². The van der Waals surface area contributed by atoms with E-state index in [-0.39, 0.29) is 201 Å². The fourth-order valence-corrected chi connectivity index (χ4v) is 10.1. The second-order valence-electron chi connectivity index (χ2n) is 36.5. The van der Waals surface area contributed by atoms with Crippen LogP contribution in [0.2, 0.25) is 0 Å². The van der Waals surface area contributed by atoms with Crippen LogP contribution in [0.4, 0.5) is 140 Å². The molecule has 0 aliphatic rings. The number of aliphatic hydroxyl groups excluding tert-OH is 8. The van der Waals surface area contributed by atoms with Crippen molar-refractivity contribution in [2.45, 2.75) is 194 Å². The highest BCUT2D eigenvalue weighted by Crippen LogP contribution is 2.41. The van der Waals surface area contributed by atoms with Crippen molar-refractivity contribution in [2.75, 3.05) is 264 Å². The topological polar surface area (TPSA) is 310 Å². The number of ether oxygens (including phenoxy) is 16. The van der Waals surface area contributed by atoms with Gasteiger partial charge < -0.3 is 117 Å². The lowest BCUT2D eigenvalue weighted by Crippen LogP contribution is -2.38. The zero-order valence-electron chi connectivity index (χ0n) is 78.6. The molecule has 0 saturated carbocycles. The van der Waals surface area contributed by atoms with Gasteiger partial charge in [-0.25, -0.2) is 17.6 Å². The van der Waals surface area contributed by atoms with Crippen molar-refractivity contribution in [1.82, 2.24) is 0 Å². The molecule has 844 valence electrons. The summed E-state index contributed by atoms with van der Waals surface area (Å²) in [6.07, 6.45) is -50.9. The number of hydrogen-bond acceptors (Lipinski definition) is 24. The Hall–Kier alpha value is -3.20. The Labute approximate surface area is 787 Å². The molecule has 24 nitrogen and oxygen atoms in total. The molecular formula is C82H148F32O24. The number of alkyl halides is 32. The van der Waals surface area contributed by atoms with Crippen molar-refractivity contribution >= 4 is 0 Å². The highest BCUT2D eigenvalue weighted by atomic mass is 19.5. The smallest absolute Gasteiger partial charge is 0.396 e. The predicted molar refractivity (Wildman–Crippen MR) is 436 cm³/mol. The molecule has 138 heavy (non-hydrogen) atoms. The van der Waals surface area contributed by atoms with Crippen LogP contribution in [0.25, 0.3) is 0 Å². The van der Waals surface area contributed by atoms with E-state index in [2.05, 4.69) is 9.47 Å². The first-order valence-corrected chi connectivity index (χ1v) is 42.9. The van der Waals surface area contributed by atoms with E-state index < -0.39 is 261 Å². The van der Waals surface area contributed by atoms with Crippen LogP contribution in [0.3, 0.4) is 0 Å². The normalized spacial score (nSPS) is 17.3. The third-order valence-corrected chi connectivity index (χ3v) is 18.5. The van der Waals surface area contributed by atoms with Crippen molar-refractivity contribution in [3.8, 4) is 0 Å². The molecule has 0 aliphatic carbocycles. The van der Waals surface area contributed by atoms with Crippen LogP contribution in [0.1, 0.15) is 126 Å². The first-order chi connectivity index (χ1) is 62.8. The Kier molecular flexibility index (Phi) is 69.1. The van der Waals surface area contributed by atoms with Crippen molar-refractivity contribution in [2.24, 2.45) is 68.0 Å². The Bertz CT molecular complexity index is 2900. The SMILES string of the molecule is CC(COCC(C)(CO)COCCC(F)(F)CC(F)(F)F)COCC(C)(CO)COCCC(F)(F)CC(F)(F)F.CC(COCC(C)(CO)COCCC(F)(F)F)COCC(C)(CO)COCCC(F)(F)F.CC(COCC(CO)COCC(F)(F)F)COCC(C)(CO)COCC(F)(F)F.CC(COCC(CO)COCCC(F)(F)C(F)(F)F)COCC(C)(CO)COCCC(F)(F)C(F)(F)F.[HH].[HH].[HH].[HH]. The van der Waals surface area contributed by atoms with E-state index in [1.165, 1.54) is 27.7 Å². The largest absolute Gasteiger partial charge is 0.453 e. The standard InChI is InChI=1S/C24H40F10O6.C21H34F10O6.C20H36F6O6.C17H30F6O6.4H2/c1-18(8-39-16-19(2,12-35)14-37-6-4-21(25,26)10-23(29,30)31)9-40-17-20(3,13-36)15-38-7-5-22(27,28)11-24(32,33)34;1-15(8-36-11-16(7-32)10-34-5-3-18(22,23)20(26,27)28)9-37-14-17(2,12-33)13-35-6-4-19(24,25)21(29,30)31;1-16(8-31-14-17(2,10-27)12-29-6-4-19(21,22)23)9-32-15-18(3,11-28)13-30-7-5-20(24,25)26;1-13(4-26-6-14(3-24)7-28-11-16(18,19)20)5-27-9-15(2,8-25)10-29-12-17(21,22)23;;;;/h18,35-36H,4-17H2,1-3H3;15-16,32-33H,3-14H2,1-2H3;16,27-28H,4-15H2,1-3H3;13-14,24-25H,3-12H2,1-2H3;4*1H. The molecule has 10 unspecified atom stereocenters. The predicted octanol–water partition coefficient (Wildman–Crippen LogP) is 17.1. The van der Waals surface area contributed by atoms with Gasteiger partial charge in [0, 0.05) is 99.4 Å². The van der Waals surface area contributed by atoms with Crippen molar-refractivity contribution in [3.05, 3.63) is 0 Å². The molecule has 8 N–H and O–H groups in total. The molecule has 56 heteroatoms. The van der Waals surface area contributed by atoms with Gasteiger partial charge in [-0.15, -0.1) is 0 Å². The molecule has 0 aromatic carbocycles. The van der Waals surface area contributed by atoms with Gasteiger partial charge >= 0.3 is 61.3 Å². The Balaban J connectivity index is -0.000000280. The van der Waals surface area contributed by atoms with E-state index in [0.717, 1.165) is 0 Å². The number of halogens is 32. The monoisotopic (exact) mass is 2120 g/mol. The number of hydrogen-bond donors (Lipinski definition) is 8. The average molecular weight is 2130 g/mol. The van der Waals surface area contributed by atoms with Gasteiger partial charge in [0.25, 0.3) is 11.8 Å². The van der Waals surface area contributed by atoms with Crippen LogP contribution < -0.4 is 0 Å². The molecule has 0 amide bonds. The van der Waals surface area contributed by atoms with Crippen LogP contribution in [0, 0.1) is 68.0 Å². The highest BCUT2D eigenvalue weighted by molar-refractivity contribution is 4.82. The van der Waals surface area contributed by atoms with E-state index in [1.54, 1.807) is 34.6 Å². The summed E-state index contributed by atoms with van der Waals surface area (Å²) in [7, 11) is 0. The van der Waals surface area contributed by atoms with Gasteiger partial charge in [0.2, 0.25) is 0 Å². The van der Waals surface area contributed by atoms with Crippen LogP contribution in [0.15, 0.2) is 0 Å². The Morgan fingerprint density at radius 2 is 0.377 bits per heavy atom. The molecule has 0 spiro atoms. The van der Waals surface area contributed by atoms with Crippen molar-refractivity contribution < 1.29 is 263 Å². The van der Waals surface area contributed by atoms with Gasteiger partial charge in [0.15, 0.2) is 0 Å². The summed E-state index contributed by atoms with van der Waals surface area (Å²) in [4.78, 5) is 0. The van der Waals surface area contributed by atoms with Gasteiger partial charge in [-0.1, -0.05) is 69.2 Å². The van der Waals surface area contributed by atoms with Crippen LogP contribution >= 0.6 is 0 Å². The lowest BCUT2D eigenvalue weighted by molar-refractivity contribution is -0.287. The molecule has 0 aromatic heterocycles. The van der Waals surface area contributed by atoms with Gasteiger partial charge in [-0.3, -0.25) is 0 Å². The Morgan fingerprint density at radius 1 is 0.196 bits per heavy atom. The zero-order chi connectivity index (χ0) is 108. The molecule has 10 atom stereocenters. The lowest BCUT2D eigenvalue weighted by Gasteiger charge is -2.29. The summed E-state index contributed by atoms with van der Waals surface area (Å²) in [6, 6.07) is 0. The molecule has 0 aromatic rings. The third-order valence-electron chi connectivity index (χ3n) is 18.5. The highest BCUT2D eigenvalue weighted by Gasteiger charge is 2.58. The minimum Gasteiger partial charge on any atom is -0.396 e. The van der Waals surface area contributed by atoms with Gasteiger partial charge in [0.1, 0.15) is 26.1 Å². The molecule has 0 radical (unpaired) electrons. The zero-order valence-corrected chi connectivity index (χ0v) is 78.6. The van der Waals surface area contributed by atoms with Crippen LogP contribution in [-0.4, -0.2) is 378 Å². The second kappa shape index (κ2) is 67.6. The minimum atomic E-state index is -5.68. The average Bonchev–Trinajstić information content (AvgIpc) is 0.845. The summed E-state index contributed by atoms with van der Waals surface area (Å²) >= 11 is 0. The molecule has 0 rings (SSSR count). The molecular weight excluding hydrogens is 1980 g/mol. The second-order valence-corrected chi connectivity index (χ2v) is 36.5. The molecule has 0 bridgehead atoms. The summed E-state index contributed by atoms with van der Waals surface area (Å²) in [5, 5.41) is 75.4. The number of aliphatic hydroxyl groups is 8. The first kappa shape index (κ1) is 141. The number of rotatable bonds is 76. The van der Waals surface area contributed by atoms with Gasteiger partial charge in [-0.05, 0) is 0 Å². The van der Waals surface area contributed by atoms with Gasteiger partial charge in [0.05, 0.1) is 264 Å². The molecule has 0 saturated heterocycles. The molecule has 0 aliphatic heterocycles. The van der Waals surface area contributed by atoms with E-state index in [9.17, 15) is 176 Å². The van der Waals surface area contributed by atoms with E-state index >= 15 is 0 Å². The van der Waals surface area contributed by atoms with E-state index in [4.69, 9.17) is 71.4 Å². The van der Waals surface area contributed by atoms with Crippen LogP contribution in [0.5, 0.6) is 0 Å². The molecule has 0 heterocycles. The maximum atomic E-state index is 13.3. The maximum Gasteiger partial charge on any atom is 0.453 e. The van der Waals surface area contributed by atoms with Crippen LogP contribution in [-0.2, 0) is 75.8 Å². The summed E-state index contributed by atoms with van der Waals surface area (Å²) in [5.41, 5.74) is -5.79. The fraction of sp³-hybridized carbons (Fsp3) is 1.00. The summed E-state index contributed by atoms with van der Waals surface area (Å²) < 4.78 is 478. The molecule has 0 fully saturated rings. The van der Waals surface area contributed by atoms with Crippen molar-refractivity contribution in [3.63, 3.8) is 0 Å². The Morgan fingerprint density at radius 3 is 0.587 bits per heavy atom. The minimum absolute atomic E-state index is 0. The quantitative estimate of drug-likeness (QED) is 0.0207. The lowest BCUT2D eigenvalue weighted by atomic mass is 9.94. The van der Waals surface area contributed by atoms with E-state index in [0.29, 0.717) is 0 Å². The first-order valence-electron chi connectivity index (χ1n) is 42.9.